The summed E-state index contributed by atoms with van der Waals surface area (Å²) in [7, 11) is 0. The van der Waals surface area contributed by atoms with E-state index in [1.807, 2.05) is 20.8 Å². The average Bonchev–Trinajstić information content (AvgIpc) is 2.15. The van der Waals surface area contributed by atoms with Gasteiger partial charge in [-0.15, -0.1) is 0 Å². The molecule has 0 atom stereocenters. The van der Waals surface area contributed by atoms with Crippen LogP contribution >= 0.6 is 0 Å². The highest BCUT2D eigenvalue weighted by Crippen LogP contribution is 2.22. The molecule has 1 amide bonds. The van der Waals surface area contributed by atoms with E-state index in [0.29, 0.717) is 0 Å². The van der Waals surface area contributed by atoms with Crippen LogP contribution in [0.4, 0.5) is 4.79 Å². The summed E-state index contributed by atoms with van der Waals surface area (Å²) in [6.07, 6.45) is 1.67. The fourth-order valence-corrected chi connectivity index (χ4v) is 2.04. The molecule has 1 rings (SSSR count). The van der Waals surface area contributed by atoms with E-state index in [1.54, 1.807) is 0 Å². The van der Waals surface area contributed by atoms with E-state index >= 15 is 0 Å². The zero-order valence-electron chi connectivity index (χ0n) is 11.8. The molecule has 1 aliphatic heterocycles. The molecule has 17 heavy (non-hydrogen) atoms. The van der Waals surface area contributed by atoms with E-state index in [0.717, 1.165) is 32.5 Å². The van der Waals surface area contributed by atoms with Crippen LogP contribution in [0, 0.1) is 0 Å². The number of alkyl carbamates (subject to hydrolysis) is 1. The van der Waals surface area contributed by atoms with Crippen LogP contribution in [0.15, 0.2) is 0 Å². The van der Waals surface area contributed by atoms with Crippen LogP contribution in [0.5, 0.6) is 0 Å². The zero-order valence-corrected chi connectivity index (χ0v) is 11.8. The molecule has 100 valence electrons. The quantitative estimate of drug-likeness (QED) is 0.808. The Bertz CT molecular complexity index is 263. The van der Waals surface area contributed by atoms with Gasteiger partial charge in [-0.25, -0.2) is 4.79 Å². The average molecular weight is 242 g/mol. The number of ether oxygens (including phenoxy) is 1. The molecule has 0 aromatic carbocycles. The number of rotatable bonds is 2. The standard InChI is InChI=1S/C13H26N2O2/c1-6-15-9-7-13(5,8-10-15)14-11(16)17-12(2,3)4/h6-10H2,1-5H3,(H,14,16). The predicted molar refractivity (Wildman–Crippen MR) is 69.1 cm³/mol. The van der Waals surface area contributed by atoms with Crippen molar-refractivity contribution in [3.63, 3.8) is 0 Å². The molecule has 1 N–H and O–H groups in total. The van der Waals surface area contributed by atoms with Crippen molar-refractivity contribution in [1.82, 2.24) is 10.2 Å². The van der Waals surface area contributed by atoms with Crippen LogP contribution in [0.1, 0.15) is 47.5 Å². The lowest BCUT2D eigenvalue weighted by Gasteiger charge is -2.39. The second kappa shape index (κ2) is 5.25. The van der Waals surface area contributed by atoms with E-state index in [4.69, 9.17) is 4.74 Å². The number of piperidine rings is 1. The highest BCUT2D eigenvalue weighted by Gasteiger charge is 2.32. The van der Waals surface area contributed by atoms with Crippen LogP contribution in [0.3, 0.4) is 0 Å². The van der Waals surface area contributed by atoms with Gasteiger partial charge in [0.15, 0.2) is 0 Å². The topological polar surface area (TPSA) is 41.6 Å². The fraction of sp³-hybridized carbons (Fsp3) is 0.923. The SMILES string of the molecule is CCN1CCC(C)(NC(=O)OC(C)(C)C)CC1. The number of carbonyl (C=O) groups is 1. The van der Waals surface area contributed by atoms with Crippen molar-refractivity contribution in [2.75, 3.05) is 19.6 Å². The molecule has 1 aliphatic rings. The Morgan fingerprint density at radius 3 is 2.29 bits per heavy atom. The predicted octanol–water partition coefficient (Wildman–Crippen LogP) is 2.39. The summed E-state index contributed by atoms with van der Waals surface area (Å²) < 4.78 is 5.30. The molecular formula is C13H26N2O2. The number of carbonyl (C=O) groups excluding carboxylic acids is 1. The van der Waals surface area contributed by atoms with Crippen LogP contribution in [0.25, 0.3) is 0 Å². The summed E-state index contributed by atoms with van der Waals surface area (Å²) in [4.78, 5) is 14.1. The molecule has 0 aromatic rings. The number of nitrogens with zero attached hydrogens (tertiary/aromatic N) is 1. The third kappa shape index (κ3) is 4.94. The Balaban J connectivity index is 2.43. The Labute approximate surface area is 105 Å². The minimum Gasteiger partial charge on any atom is -0.444 e. The van der Waals surface area contributed by atoms with Crippen molar-refractivity contribution in [3.8, 4) is 0 Å². The Morgan fingerprint density at radius 1 is 1.35 bits per heavy atom. The number of nitrogens with one attached hydrogen (secondary N) is 1. The van der Waals surface area contributed by atoms with Gasteiger partial charge in [0.25, 0.3) is 0 Å². The van der Waals surface area contributed by atoms with Gasteiger partial charge in [-0.2, -0.15) is 0 Å². The smallest absolute Gasteiger partial charge is 0.408 e. The van der Waals surface area contributed by atoms with Crippen molar-refractivity contribution in [2.24, 2.45) is 0 Å². The van der Waals surface area contributed by atoms with Gasteiger partial charge in [-0.1, -0.05) is 6.92 Å². The highest BCUT2D eigenvalue weighted by atomic mass is 16.6. The Hall–Kier alpha value is -0.770. The number of amides is 1. The van der Waals surface area contributed by atoms with Crippen molar-refractivity contribution in [1.29, 1.82) is 0 Å². The first kappa shape index (κ1) is 14.3. The lowest BCUT2D eigenvalue weighted by molar-refractivity contribution is 0.0408. The lowest BCUT2D eigenvalue weighted by atomic mass is 9.90. The van der Waals surface area contributed by atoms with Crippen molar-refractivity contribution < 1.29 is 9.53 Å². The minimum atomic E-state index is -0.426. The van der Waals surface area contributed by atoms with Crippen LogP contribution < -0.4 is 5.32 Å². The van der Waals surface area contributed by atoms with Gasteiger partial charge in [0.05, 0.1) is 0 Å². The first-order chi connectivity index (χ1) is 7.74. The molecule has 0 aromatic heterocycles. The maximum absolute atomic E-state index is 11.7. The zero-order chi connectivity index (χ0) is 13.1. The molecule has 4 heteroatoms. The molecule has 1 heterocycles. The summed E-state index contributed by atoms with van der Waals surface area (Å²) in [5.74, 6) is 0. The van der Waals surface area contributed by atoms with Crippen molar-refractivity contribution in [3.05, 3.63) is 0 Å². The third-order valence-corrected chi connectivity index (χ3v) is 3.21. The van der Waals surface area contributed by atoms with Gasteiger partial charge in [0, 0.05) is 18.6 Å². The number of likely N-dealkylation sites (tertiary alicyclic amines) is 1. The molecule has 4 nitrogen and oxygen atoms in total. The molecule has 0 saturated carbocycles. The molecule has 1 saturated heterocycles. The summed E-state index contributed by atoms with van der Waals surface area (Å²) in [5, 5.41) is 3.01. The van der Waals surface area contributed by atoms with Gasteiger partial charge >= 0.3 is 6.09 Å². The van der Waals surface area contributed by atoms with Gasteiger partial charge < -0.3 is 15.0 Å². The van der Waals surface area contributed by atoms with E-state index in [9.17, 15) is 4.79 Å². The molecule has 1 fully saturated rings. The molecule has 0 aliphatic carbocycles. The number of hydrogen-bond donors (Lipinski definition) is 1. The van der Waals surface area contributed by atoms with E-state index in [-0.39, 0.29) is 11.6 Å². The monoisotopic (exact) mass is 242 g/mol. The molecule has 0 radical (unpaired) electrons. The maximum Gasteiger partial charge on any atom is 0.408 e. The maximum atomic E-state index is 11.7. The Kier molecular flexibility index (Phi) is 4.42. The van der Waals surface area contributed by atoms with Gasteiger partial charge in [-0.3, -0.25) is 0 Å². The van der Waals surface area contributed by atoms with Crippen LogP contribution in [-0.2, 0) is 4.74 Å². The first-order valence-corrected chi connectivity index (χ1v) is 6.48. The van der Waals surface area contributed by atoms with Crippen molar-refractivity contribution in [2.45, 2.75) is 58.6 Å². The van der Waals surface area contributed by atoms with Gasteiger partial charge in [-0.05, 0) is 47.1 Å². The molecule has 0 bridgehead atoms. The summed E-state index contributed by atoms with van der Waals surface area (Å²) in [6, 6.07) is 0. The number of hydrogen-bond acceptors (Lipinski definition) is 3. The molecule has 0 spiro atoms. The van der Waals surface area contributed by atoms with E-state index < -0.39 is 5.60 Å². The second-order valence-corrected chi connectivity index (χ2v) is 6.12. The lowest BCUT2D eigenvalue weighted by Crippen LogP contribution is -2.54. The van der Waals surface area contributed by atoms with E-state index in [2.05, 4.69) is 24.1 Å². The normalized spacial score (nSPS) is 21.0. The van der Waals surface area contributed by atoms with Gasteiger partial charge in [0.1, 0.15) is 5.60 Å². The Morgan fingerprint density at radius 2 is 1.88 bits per heavy atom. The first-order valence-electron chi connectivity index (χ1n) is 6.48. The molecule has 0 unspecified atom stereocenters. The fourth-order valence-electron chi connectivity index (χ4n) is 2.04. The molecular weight excluding hydrogens is 216 g/mol. The summed E-state index contributed by atoms with van der Waals surface area (Å²) >= 11 is 0. The minimum absolute atomic E-state index is 0.117. The highest BCUT2D eigenvalue weighted by molar-refractivity contribution is 5.68. The second-order valence-electron chi connectivity index (χ2n) is 6.12. The van der Waals surface area contributed by atoms with Crippen LogP contribution in [0.2, 0.25) is 0 Å². The van der Waals surface area contributed by atoms with E-state index in [1.165, 1.54) is 0 Å². The largest absolute Gasteiger partial charge is 0.444 e. The van der Waals surface area contributed by atoms with Crippen LogP contribution in [-0.4, -0.2) is 41.8 Å². The van der Waals surface area contributed by atoms with Crippen molar-refractivity contribution >= 4 is 6.09 Å². The summed E-state index contributed by atoms with van der Waals surface area (Å²) in [5.41, 5.74) is -0.543. The summed E-state index contributed by atoms with van der Waals surface area (Å²) in [6.45, 7) is 13.1. The third-order valence-electron chi connectivity index (χ3n) is 3.21. The van der Waals surface area contributed by atoms with Gasteiger partial charge in [0.2, 0.25) is 0 Å².